The Morgan fingerprint density at radius 3 is 2.47 bits per heavy atom. The summed E-state index contributed by atoms with van der Waals surface area (Å²) in [6, 6.07) is 18.2. The normalized spacial score (nSPS) is 12.5. The summed E-state index contributed by atoms with van der Waals surface area (Å²) in [5.74, 6) is 0.730. The molecule has 0 aromatic heterocycles. The molecule has 0 bridgehead atoms. The number of ether oxygens (including phenoxy) is 2. The summed E-state index contributed by atoms with van der Waals surface area (Å²) in [4.78, 5) is 12.7. The van der Waals surface area contributed by atoms with Crippen LogP contribution in [0, 0.1) is 6.92 Å². The molecule has 0 fully saturated rings. The minimum Gasteiger partial charge on any atom is -0.454 e. The zero-order valence-corrected chi connectivity index (χ0v) is 17.3. The predicted octanol–water partition coefficient (Wildman–Crippen LogP) is 3.80. The Bertz CT molecular complexity index is 1210. The van der Waals surface area contributed by atoms with Gasteiger partial charge in [-0.3, -0.25) is 9.10 Å². The molecule has 0 atom stereocenters. The zero-order valence-electron chi connectivity index (χ0n) is 16.5. The van der Waals surface area contributed by atoms with Crippen molar-refractivity contribution in [2.24, 2.45) is 0 Å². The molecule has 1 aliphatic heterocycles. The standard InChI is InChI=1S/C22H20N2O5S/c1-15-6-9-18(10-7-15)24(2)30(26,27)19-5-3-4-16(12-19)22(25)23-17-8-11-20-21(13-17)29-14-28-20/h3-13H,14H2,1-2H3,(H,23,25). The van der Waals surface area contributed by atoms with Gasteiger partial charge in [-0.15, -0.1) is 0 Å². The van der Waals surface area contributed by atoms with Gasteiger partial charge in [-0.1, -0.05) is 23.8 Å². The molecule has 8 heteroatoms. The van der Waals surface area contributed by atoms with Crippen molar-refractivity contribution in [3.05, 3.63) is 77.9 Å². The number of carbonyl (C=O) groups is 1. The molecule has 3 aromatic carbocycles. The van der Waals surface area contributed by atoms with Gasteiger partial charge < -0.3 is 14.8 Å². The van der Waals surface area contributed by atoms with Gasteiger partial charge in [0, 0.05) is 24.4 Å². The third-order valence-corrected chi connectivity index (χ3v) is 6.56. The second-order valence-electron chi connectivity index (χ2n) is 6.86. The number of aryl methyl sites for hydroxylation is 1. The van der Waals surface area contributed by atoms with Crippen LogP contribution in [-0.2, 0) is 10.0 Å². The highest BCUT2D eigenvalue weighted by molar-refractivity contribution is 7.92. The molecular formula is C22H20N2O5S. The number of nitrogens with one attached hydrogen (secondary N) is 1. The summed E-state index contributed by atoms with van der Waals surface area (Å²) in [5.41, 5.74) is 2.32. The van der Waals surface area contributed by atoms with E-state index in [9.17, 15) is 13.2 Å². The number of carbonyl (C=O) groups excluding carboxylic acids is 1. The van der Waals surface area contributed by atoms with Crippen molar-refractivity contribution in [2.75, 3.05) is 23.5 Å². The third-order valence-electron chi connectivity index (χ3n) is 4.78. The number of amides is 1. The number of hydrogen-bond donors (Lipinski definition) is 1. The summed E-state index contributed by atoms with van der Waals surface area (Å²) in [5, 5.41) is 2.75. The summed E-state index contributed by atoms with van der Waals surface area (Å²) in [6.45, 7) is 2.07. The number of sulfonamides is 1. The first-order valence-corrected chi connectivity index (χ1v) is 10.7. The van der Waals surface area contributed by atoms with Gasteiger partial charge in [-0.2, -0.15) is 0 Å². The molecule has 7 nitrogen and oxygen atoms in total. The van der Waals surface area contributed by atoms with Crippen molar-refractivity contribution in [1.82, 2.24) is 0 Å². The van der Waals surface area contributed by atoms with Crippen LogP contribution in [0.5, 0.6) is 11.5 Å². The van der Waals surface area contributed by atoms with Gasteiger partial charge in [-0.05, 0) is 49.4 Å². The lowest BCUT2D eigenvalue weighted by Gasteiger charge is -2.20. The second kappa shape index (κ2) is 7.72. The summed E-state index contributed by atoms with van der Waals surface area (Å²) in [6.07, 6.45) is 0. The fourth-order valence-corrected chi connectivity index (χ4v) is 4.27. The SMILES string of the molecule is Cc1ccc(N(C)S(=O)(=O)c2cccc(C(=O)Nc3ccc4c(c3)OCO4)c2)cc1. The van der Waals surface area contributed by atoms with Crippen molar-refractivity contribution in [3.8, 4) is 11.5 Å². The molecule has 1 N–H and O–H groups in total. The van der Waals surface area contributed by atoms with Gasteiger partial charge in [0.05, 0.1) is 10.6 Å². The summed E-state index contributed by atoms with van der Waals surface area (Å²) >= 11 is 0. The molecule has 0 unspecified atom stereocenters. The van der Waals surface area contributed by atoms with Crippen molar-refractivity contribution < 1.29 is 22.7 Å². The van der Waals surface area contributed by atoms with Crippen LogP contribution >= 0.6 is 0 Å². The Kier molecular flexibility index (Phi) is 5.09. The lowest BCUT2D eigenvalue weighted by Crippen LogP contribution is -2.26. The highest BCUT2D eigenvalue weighted by Gasteiger charge is 2.23. The molecule has 1 aliphatic rings. The molecule has 30 heavy (non-hydrogen) atoms. The highest BCUT2D eigenvalue weighted by atomic mass is 32.2. The third kappa shape index (κ3) is 3.81. The molecule has 1 amide bonds. The number of fused-ring (bicyclic) bond motifs is 1. The maximum Gasteiger partial charge on any atom is 0.264 e. The van der Waals surface area contributed by atoms with Crippen molar-refractivity contribution >= 4 is 27.3 Å². The van der Waals surface area contributed by atoms with Gasteiger partial charge in [-0.25, -0.2) is 8.42 Å². The van der Waals surface area contributed by atoms with E-state index in [0.29, 0.717) is 22.9 Å². The van der Waals surface area contributed by atoms with Crippen LogP contribution in [0.15, 0.2) is 71.6 Å². The van der Waals surface area contributed by atoms with Gasteiger partial charge in [0.1, 0.15) is 0 Å². The molecule has 3 aromatic rings. The van der Waals surface area contributed by atoms with E-state index in [1.165, 1.54) is 23.5 Å². The Hall–Kier alpha value is -3.52. The van der Waals surface area contributed by atoms with Crippen LogP contribution in [0.1, 0.15) is 15.9 Å². The maximum atomic E-state index is 13.0. The van der Waals surface area contributed by atoms with Crippen molar-refractivity contribution in [3.63, 3.8) is 0 Å². The largest absolute Gasteiger partial charge is 0.454 e. The molecular weight excluding hydrogens is 404 g/mol. The van der Waals surface area contributed by atoms with E-state index in [1.807, 2.05) is 19.1 Å². The average Bonchev–Trinajstić information content (AvgIpc) is 3.22. The maximum absolute atomic E-state index is 13.0. The number of benzene rings is 3. The number of anilines is 2. The quantitative estimate of drug-likeness (QED) is 0.673. The molecule has 154 valence electrons. The van der Waals surface area contributed by atoms with E-state index < -0.39 is 15.9 Å². The first-order valence-electron chi connectivity index (χ1n) is 9.21. The topological polar surface area (TPSA) is 84.9 Å². The van der Waals surface area contributed by atoms with E-state index in [4.69, 9.17) is 9.47 Å². The second-order valence-corrected chi connectivity index (χ2v) is 8.83. The van der Waals surface area contributed by atoms with E-state index in [2.05, 4.69) is 5.32 Å². The van der Waals surface area contributed by atoms with Crippen LogP contribution in [0.3, 0.4) is 0 Å². The lowest BCUT2D eigenvalue weighted by atomic mass is 10.2. The van der Waals surface area contributed by atoms with Crippen LogP contribution in [-0.4, -0.2) is 28.2 Å². The van der Waals surface area contributed by atoms with E-state index in [1.54, 1.807) is 42.5 Å². The first kappa shape index (κ1) is 19.8. The number of rotatable bonds is 5. The fraction of sp³-hybridized carbons (Fsp3) is 0.136. The van der Waals surface area contributed by atoms with Gasteiger partial charge in [0.15, 0.2) is 11.5 Å². The Morgan fingerprint density at radius 2 is 1.70 bits per heavy atom. The van der Waals surface area contributed by atoms with E-state index in [-0.39, 0.29) is 17.3 Å². The average molecular weight is 424 g/mol. The summed E-state index contributed by atoms with van der Waals surface area (Å²) < 4.78 is 37.8. The number of nitrogens with zero attached hydrogens (tertiary/aromatic N) is 1. The van der Waals surface area contributed by atoms with Crippen LogP contribution in [0.25, 0.3) is 0 Å². The lowest BCUT2D eigenvalue weighted by molar-refractivity contribution is 0.102. The Balaban J connectivity index is 1.57. The molecule has 0 aliphatic carbocycles. The van der Waals surface area contributed by atoms with Crippen molar-refractivity contribution in [2.45, 2.75) is 11.8 Å². The smallest absolute Gasteiger partial charge is 0.264 e. The van der Waals surface area contributed by atoms with Gasteiger partial charge >= 0.3 is 0 Å². The Morgan fingerprint density at radius 1 is 0.967 bits per heavy atom. The van der Waals surface area contributed by atoms with E-state index >= 15 is 0 Å². The molecule has 0 saturated carbocycles. The number of hydrogen-bond acceptors (Lipinski definition) is 5. The molecule has 0 saturated heterocycles. The molecule has 1 heterocycles. The van der Waals surface area contributed by atoms with Gasteiger partial charge in [0.2, 0.25) is 6.79 Å². The zero-order chi connectivity index (χ0) is 21.3. The summed E-state index contributed by atoms with van der Waals surface area (Å²) in [7, 11) is -2.34. The van der Waals surface area contributed by atoms with Gasteiger partial charge in [0.25, 0.3) is 15.9 Å². The monoisotopic (exact) mass is 424 g/mol. The predicted molar refractivity (Wildman–Crippen MR) is 114 cm³/mol. The van der Waals surface area contributed by atoms with Crippen LogP contribution in [0.2, 0.25) is 0 Å². The van der Waals surface area contributed by atoms with Crippen LogP contribution < -0.4 is 19.1 Å². The molecule has 4 rings (SSSR count). The van der Waals surface area contributed by atoms with Crippen molar-refractivity contribution in [1.29, 1.82) is 0 Å². The molecule has 0 spiro atoms. The minimum atomic E-state index is -3.82. The minimum absolute atomic E-state index is 0.0314. The molecule has 0 radical (unpaired) electrons. The highest BCUT2D eigenvalue weighted by Crippen LogP contribution is 2.34. The fourth-order valence-electron chi connectivity index (χ4n) is 3.03. The van der Waals surface area contributed by atoms with E-state index in [0.717, 1.165) is 5.56 Å². The Labute approximate surface area is 174 Å². The first-order chi connectivity index (χ1) is 14.3. The van der Waals surface area contributed by atoms with Crippen LogP contribution in [0.4, 0.5) is 11.4 Å².